The lowest BCUT2D eigenvalue weighted by atomic mass is 10.1. The molecular weight excluding hydrogens is 230 g/mol. The quantitative estimate of drug-likeness (QED) is 0.808. The van der Waals surface area contributed by atoms with Gasteiger partial charge in [0.1, 0.15) is 0 Å². The van der Waals surface area contributed by atoms with E-state index in [0.717, 1.165) is 11.3 Å². The maximum atomic E-state index is 11.7. The Morgan fingerprint density at radius 1 is 1.44 bits per heavy atom. The van der Waals surface area contributed by atoms with Gasteiger partial charge in [0, 0.05) is 18.2 Å². The van der Waals surface area contributed by atoms with Gasteiger partial charge in [-0.05, 0) is 25.0 Å². The SMILES string of the molecule is Cc1cc(NC(=O)CCc2ccccc2N)on1. The van der Waals surface area contributed by atoms with Crippen LogP contribution in [0.2, 0.25) is 0 Å². The van der Waals surface area contributed by atoms with Crippen molar-refractivity contribution in [3.63, 3.8) is 0 Å². The fourth-order valence-electron chi connectivity index (χ4n) is 1.63. The van der Waals surface area contributed by atoms with E-state index in [2.05, 4.69) is 10.5 Å². The minimum Gasteiger partial charge on any atom is -0.399 e. The highest BCUT2D eigenvalue weighted by atomic mass is 16.5. The summed E-state index contributed by atoms with van der Waals surface area (Å²) in [7, 11) is 0. The number of hydrogen-bond donors (Lipinski definition) is 2. The van der Waals surface area contributed by atoms with Gasteiger partial charge in [-0.15, -0.1) is 0 Å². The Morgan fingerprint density at radius 3 is 2.89 bits per heavy atom. The average molecular weight is 245 g/mol. The van der Waals surface area contributed by atoms with Crippen molar-refractivity contribution in [2.24, 2.45) is 0 Å². The molecule has 18 heavy (non-hydrogen) atoms. The second-order valence-electron chi connectivity index (χ2n) is 4.08. The number of para-hydroxylation sites is 1. The summed E-state index contributed by atoms with van der Waals surface area (Å²) in [6.07, 6.45) is 0.958. The van der Waals surface area contributed by atoms with Crippen molar-refractivity contribution in [1.82, 2.24) is 5.16 Å². The lowest BCUT2D eigenvalue weighted by Crippen LogP contribution is -2.12. The van der Waals surface area contributed by atoms with Gasteiger partial charge in [-0.2, -0.15) is 0 Å². The molecule has 0 spiro atoms. The molecule has 5 heteroatoms. The Balaban J connectivity index is 1.87. The fraction of sp³-hybridized carbons (Fsp3) is 0.231. The van der Waals surface area contributed by atoms with Gasteiger partial charge in [0.25, 0.3) is 0 Å². The van der Waals surface area contributed by atoms with E-state index in [1.165, 1.54) is 0 Å². The number of aryl methyl sites for hydroxylation is 2. The standard InChI is InChI=1S/C13H15N3O2/c1-9-8-13(18-16-9)15-12(17)7-6-10-4-2-3-5-11(10)14/h2-5,8H,6-7,14H2,1H3,(H,15,17). The number of nitrogens with zero attached hydrogens (tertiary/aromatic N) is 1. The summed E-state index contributed by atoms with van der Waals surface area (Å²) in [6, 6.07) is 9.20. The van der Waals surface area contributed by atoms with Crippen LogP contribution in [0.3, 0.4) is 0 Å². The summed E-state index contributed by atoms with van der Waals surface area (Å²) in [5.41, 5.74) is 8.22. The Kier molecular flexibility index (Phi) is 3.62. The number of hydrogen-bond acceptors (Lipinski definition) is 4. The first-order valence-electron chi connectivity index (χ1n) is 5.71. The maximum Gasteiger partial charge on any atom is 0.231 e. The molecule has 0 bridgehead atoms. The van der Waals surface area contributed by atoms with Crippen LogP contribution in [0.15, 0.2) is 34.9 Å². The van der Waals surface area contributed by atoms with E-state index in [-0.39, 0.29) is 5.91 Å². The highest BCUT2D eigenvalue weighted by molar-refractivity contribution is 5.89. The van der Waals surface area contributed by atoms with Gasteiger partial charge in [-0.1, -0.05) is 23.4 Å². The van der Waals surface area contributed by atoms with Gasteiger partial charge < -0.3 is 10.3 Å². The predicted molar refractivity (Wildman–Crippen MR) is 69.0 cm³/mol. The van der Waals surface area contributed by atoms with Gasteiger partial charge in [-0.25, -0.2) is 0 Å². The van der Waals surface area contributed by atoms with Crippen LogP contribution in [0, 0.1) is 6.92 Å². The average Bonchev–Trinajstić information content (AvgIpc) is 2.74. The number of carbonyl (C=O) groups excluding carboxylic acids is 1. The zero-order chi connectivity index (χ0) is 13.0. The number of benzene rings is 1. The third kappa shape index (κ3) is 3.10. The fourth-order valence-corrected chi connectivity index (χ4v) is 1.63. The van der Waals surface area contributed by atoms with Crippen LogP contribution in [0.4, 0.5) is 11.6 Å². The molecular formula is C13H15N3O2. The highest BCUT2D eigenvalue weighted by Crippen LogP contribution is 2.14. The summed E-state index contributed by atoms with van der Waals surface area (Å²) in [5.74, 6) is 0.257. The lowest BCUT2D eigenvalue weighted by molar-refractivity contribution is -0.116. The summed E-state index contributed by atoms with van der Waals surface area (Å²) in [4.78, 5) is 11.7. The van der Waals surface area contributed by atoms with Gasteiger partial charge >= 0.3 is 0 Å². The number of rotatable bonds is 4. The van der Waals surface area contributed by atoms with Crippen LogP contribution in [0.5, 0.6) is 0 Å². The molecule has 5 nitrogen and oxygen atoms in total. The largest absolute Gasteiger partial charge is 0.399 e. The third-order valence-electron chi connectivity index (χ3n) is 2.57. The van der Waals surface area contributed by atoms with E-state index in [4.69, 9.17) is 10.3 Å². The first-order chi connectivity index (χ1) is 8.65. The van der Waals surface area contributed by atoms with Crippen LogP contribution in [0.25, 0.3) is 0 Å². The molecule has 0 unspecified atom stereocenters. The van der Waals surface area contributed by atoms with Crippen molar-refractivity contribution in [1.29, 1.82) is 0 Å². The van der Waals surface area contributed by atoms with Crippen molar-refractivity contribution < 1.29 is 9.32 Å². The van der Waals surface area contributed by atoms with Crippen LogP contribution in [-0.2, 0) is 11.2 Å². The van der Waals surface area contributed by atoms with E-state index < -0.39 is 0 Å². The zero-order valence-electron chi connectivity index (χ0n) is 10.1. The zero-order valence-corrected chi connectivity index (χ0v) is 10.1. The Labute approximate surface area is 105 Å². The molecule has 2 rings (SSSR count). The highest BCUT2D eigenvalue weighted by Gasteiger charge is 2.07. The Hall–Kier alpha value is -2.30. The second kappa shape index (κ2) is 5.35. The van der Waals surface area contributed by atoms with Crippen molar-refractivity contribution >= 4 is 17.5 Å². The molecule has 0 saturated heterocycles. The molecule has 0 aliphatic heterocycles. The van der Waals surface area contributed by atoms with E-state index in [1.54, 1.807) is 13.0 Å². The molecule has 3 N–H and O–H groups in total. The van der Waals surface area contributed by atoms with E-state index >= 15 is 0 Å². The van der Waals surface area contributed by atoms with Gasteiger partial charge in [-0.3, -0.25) is 10.1 Å². The molecule has 1 heterocycles. The molecule has 0 atom stereocenters. The molecule has 0 fully saturated rings. The Bertz CT molecular complexity index is 549. The molecule has 1 aromatic carbocycles. The number of nitrogens with one attached hydrogen (secondary N) is 1. The molecule has 1 aromatic heterocycles. The number of amides is 1. The second-order valence-corrected chi connectivity index (χ2v) is 4.08. The van der Waals surface area contributed by atoms with Gasteiger partial charge in [0.05, 0.1) is 5.69 Å². The lowest BCUT2D eigenvalue weighted by Gasteiger charge is -2.04. The molecule has 0 saturated carbocycles. The molecule has 1 amide bonds. The van der Waals surface area contributed by atoms with Crippen LogP contribution in [0.1, 0.15) is 17.7 Å². The summed E-state index contributed by atoms with van der Waals surface area (Å²) in [5, 5.41) is 6.34. The third-order valence-corrected chi connectivity index (χ3v) is 2.57. The smallest absolute Gasteiger partial charge is 0.231 e. The summed E-state index contributed by atoms with van der Waals surface area (Å²) in [6.45, 7) is 1.80. The summed E-state index contributed by atoms with van der Waals surface area (Å²) < 4.78 is 4.90. The van der Waals surface area contributed by atoms with E-state index in [9.17, 15) is 4.79 Å². The van der Waals surface area contributed by atoms with Crippen LogP contribution in [-0.4, -0.2) is 11.1 Å². The molecule has 0 radical (unpaired) electrons. The Morgan fingerprint density at radius 2 is 2.22 bits per heavy atom. The monoisotopic (exact) mass is 245 g/mol. The molecule has 0 aliphatic carbocycles. The van der Waals surface area contributed by atoms with E-state index in [0.29, 0.717) is 24.4 Å². The van der Waals surface area contributed by atoms with Gasteiger partial charge in [0.15, 0.2) is 0 Å². The summed E-state index contributed by atoms with van der Waals surface area (Å²) >= 11 is 0. The number of anilines is 2. The van der Waals surface area contributed by atoms with Crippen molar-refractivity contribution in [2.45, 2.75) is 19.8 Å². The molecule has 94 valence electrons. The van der Waals surface area contributed by atoms with Crippen molar-refractivity contribution in [3.05, 3.63) is 41.6 Å². The van der Waals surface area contributed by atoms with Crippen molar-refractivity contribution in [3.8, 4) is 0 Å². The van der Waals surface area contributed by atoms with Crippen LogP contribution >= 0.6 is 0 Å². The van der Waals surface area contributed by atoms with Crippen LogP contribution < -0.4 is 11.1 Å². The first kappa shape index (κ1) is 12.2. The van der Waals surface area contributed by atoms with E-state index in [1.807, 2.05) is 24.3 Å². The number of nitrogen functional groups attached to an aromatic ring is 1. The molecule has 0 aliphatic rings. The minimum atomic E-state index is -0.116. The van der Waals surface area contributed by atoms with Gasteiger partial charge in [0.2, 0.25) is 11.8 Å². The number of carbonyl (C=O) groups is 1. The first-order valence-corrected chi connectivity index (χ1v) is 5.71. The topological polar surface area (TPSA) is 81.2 Å². The number of nitrogens with two attached hydrogens (primary N) is 1. The minimum absolute atomic E-state index is 0.116. The molecule has 2 aromatic rings. The maximum absolute atomic E-state index is 11.7. The normalized spacial score (nSPS) is 10.3. The van der Waals surface area contributed by atoms with Crippen molar-refractivity contribution in [2.75, 3.05) is 11.1 Å². The number of aromatic nitrogens is 1. The predicted octanol–water partition coefficient (Wildman–Crippen LogP) is 2.14.